The van der Waals surface area contributed by atoms with Crippen molar-refractivity contribution in [2.75, 3.05) is 12.3 Å². The lowest BCUT2D eigenvalue weighted by molar-refractivity contribution is -0.142. The number of nitrogens with zero attached hydrogens (tertiary/aromatic N) is 1. The zero-order valence-corrected chi connectivity index (χ0v) is 19.0. The van der Waals surface area contributed by atoms with Gasteiger partial charge in [-0.15, -0.1) is 0 Å². The number of rotatable bonds is 14. The number of hydrogen-bond donors (Lipinski definition) is 8. The first-order valence-corrected chi connectivity index (χ1v) is 10.6. The Morgan fingerprint density at radius 2 is 1.65 bits per heavy atom. The number of amides is 3. The van der Waals surface area contributed by atoms with E-state index in [4.69, 9.17) is 17.2 Å². The molecule has 0 bridgehead atoms. The Kier molecular flexibility index (Phi) is 13.3. The highest BCUT2D eigenvalue weighted by Crippen LogP contribution is 2.10. The van der Waals surface area contributed by atoms with Crippen LogP contribution in [-0.4, -0.2) is 71.2 Å². The third-order valence-corrected chi connectivity index (χ3v) is 5.03. The van der Waals surface area contributed by atoms with Gasteiger partial charge in [-0.2, -0.15) is 12.6 Å². The molecule has 0 spiro atoms. The quantitative estimate of drug-likeness (QED) is 0.0619. The van der Waals surface area contributed by atoms with Gasteiger partial charge in [0.2, 0.25) is 17.7 Å². The van der Waals surface area contributed by atoms with E-state index in [0.717, 1.165) is 0 Å². The van der Waals surface area contributed by atoms with E-state index in [0.29, 0.717) is 12.8 Å². The molecule has 0 aromatic heterocycles. The molecule has 31 heavy (non-hydrogen) atoms. The second-order valence-corrected chi connectivity index (χ2v) is 7.60. The average molecular weight is 462 g/mol. The number of carboxylic acid groups (broad SMARTS) is 1. The van der Waals surface area contributed by atoms with Crippen LogP contribution >= 0.6 is 12.6 Å². The molecule has 5 unspecified atom stereocenters. The fraction of sp³-hybridized carbons (Fsp3) is 0.722. The molecule has 0 rings (SSSR count). The van der Waals surface area contributed by atoms with Gasteiger partial charge in [0.1, 0.15) is 18.1 Å². The summed E-state index contributed by atoms with van der Waals surface area (Å²) in [4.78, 5) is 52.4. The average Bonchev–Trinajstić information content (AvgIpc) is 2.71. The number of carbonyl (C=O) groups is 4. The molecule has 0 aliphatic rings. The van der Waals surface area contributed by atoms with Gasteiger partial charge in [-0.1, -0.05) is 20.3 Å². The van der Waals surface area contributed by atoms with Crippen molar-refractivity contribution in [3.8, 4) is 0 Å². The molecule has 12 nitrogen and oxygen atoms in total. The molecular weight excluding hydrogens is 426 g/mol. The van der Waals surface area contributed by atoms with Crippen molar-refractivity contribution >= 4 is 42.3 Å². The Hall–Kier alpha value is -2.54. The Morgan fingerprint density at radius 3 is 2.13 bits per heavy atom. The van der Waals surface area contributed by atoms with Crippen molar-refractivity contribution in [3.05, 3.63) is 0 Å². The molecule has 0 heterocycles. The fourth-order valence-electron chi connectivity index (χ4n) is 2.47. The number of carboxylic acids is 1. The maximum Gasteiger partial charge on any atom is 0.326 e. The number of guanidine groups is 1. The molecule has 5 atom stereocenters. The SMILES string of the molecule is CCC(C)C(NC(=O)C(C)NC(=O)C(N)CS)C(=O)NC(CCCN=C(N)N)C(=O)O. The van der Waals surface area contributed by atoms with Crippen LogP contribution in [0.4, 0.5) is 0 Å². The highest BCUT2D eigenvalue weighted by atomic mass is 32.1. The Bertz CT molecular complexity index is 657. The summed E-state index contributed by atoms with van der Waals surface area (Å²) in [5.41, 5.74) is 16.0. The number of hydrogen-bond acceptors (Lipinski definition) is 7. The van der Waals surface area contributed by atoms with Gasteiger partial charge in [0, 0.05) is 12.3 Å². The van der Waals surface area contributed by atoms with Crippen LogP contribution in [0.3, 0.4) is 0 Å². The van der Waals surface area contributed by atoms with E-state index in [2.05, 4.69) is 33.6 Å². The third-order valence-electron chi connectivity index (χ3n) is 4.64. The van der Waals surface area contributed by atoms with Crippen LogP contribution < -0.4 is 33.2 Å². The van der Waals surface area contributed by atoms with Gasteiger partial charge in [0.25, 0.3) is 0 Å². The summed E-state index contributed by atoms with van der Waals surface area (Å²) in [6, 6.07) is -3.99. The Balaban J connectivity index is 5.12. The van der Waals surface area contributed by atoms with E-state index in [9.17, 15) is 24.3 Å². The number of carbonyl (C=O) groups excluding carboxylic acids is 3. The summed E-state index contributed by atoms with van der Waals surface area (Å²) in [7, 11) is 0. The second-order valence-electron chi connectivity index (χ2n) is 7.24. The van der Waals surface area contributed by atoms with Gasteiger partial charge < -0.3 is 38.3 Å². The predicted octanol–water partition coefficient (Wildman–Crippen LogP) is -2.10. The minimum absolute atomic E-state index is 0.104. The number of aliphatic carboxylic acids is 1. The third kappa shape index (κ3) is 10.9. The molecule has 0 fully saturated rings. The van der Waals surface area contributed by atoms with Gasteiger partial charge in [-0.25, -0.2) is 4.79 Å². The Morgan fingerprint density at radius 1 is 1.03 bits per heavy atom. The van der Waals surface area contributed by atoms with E-state index >= 15 is 0 Å². The summed E-state index contributed by atoms with van der Waals surface area (Å²) < 4.78 is 0. The van der Waals surface area contributed by atoms with Gasteiger partial charge in [-0.3, -0.25) is 19.4 Å². The first-order valence-electron chi connectivity index (χ1n) is 10.00. The lowest BCUT2D eigenvalue weighted by Gasteiger charge is -2.27. The number of nitrogens with one attached hydrogen (secondary N) is 3. The highest BCUT2D eigenvalue weighted by Gasteiger charge is 2.31. The van der Waals surface area contributed by atoms with Gasteiger partial charge in [0.05, 0.1) is 6.04 Å². The molecule has 0 radical (unpaired) electrons. The molecule has 0 aromatic rings. The zero-order chi connectivity index (χ0) is 24.1. The van der Waals surface area contributed by atoms with Crippen LogP contribution in [0.25, 0.3) is 0 Å². The van der Waals surface area contributed by atoms with Crippen molar-refractivity contribution < 1.29 is 24.3 Å². The minimum Gasteiger partial charge on any atom is -0.480 e. The largest absolute Gasteiger partial charge is 0.480 e. The molecule has 0 aliphatic heterocycles. The lowest BCUT2D eigenvalue weighted by atomic mass is 9.97. The Labute approximate surface area is 187 Å². The van der Waals surface area contributed by atoms with Crippen LogP contribution in [0.2, 0.25) is 0 Å². The van der Waals surface area contributed by atoms with Crippen molar-refractivity contribution in [1.82, 2.24) is 16.0 Å². The molecule has 0 aromatic carbocycles. The first kappa shape index (κ1) is 28.5. The molecule has 0 saturated heterocycles. The van der Waals surface area contributed by atoms with Crippen molar-refractivity contribution in [3.63, 3.8) is 0 Å². The maximum absolute atomic E-state index is 12.8. The molecular formula is C18H35N7O5S. The second kappa shape index (κ2) is 14.5. The van der Waals surface area contributed by atoms with E-state index in [1.807, 2.05) is 6.92 Å². The number of thiol groups is 1. The van der Waals surface area contributed by atoms with Crippen LogP contribution in [0, 0.1) is 5.92 Å². The normalized spacial score (nSPS) is 15.5. The summed E-state index contributed by atoms with van der Waals surface area (Å²) in [5, 5.41) is 16.9. The van der Waals surface area contributed by atoms with Gasteiger partial charge >= 0.3 is 5.97 Å². The van der Waals surface area contributed by atoms with E-state index in [1.165, 1.54) is 6.92 Å². The van der Waals surface area contributed by atoms with Crippen molar-refractivity contribution in [2.24, 2.45) is 28.1 Å². The number of aliphatic imine (C=N–C) groups is 1. The summed E-state index contributed by atoms with van der Waals surface area (Å²) >= 11 is 3.93. The number of nitrogens with two attached hydrogens (primary N) is 3. The summed E-state index contributed by atoms with van der Waals surface area (Å²) in [6.07, 6.45) is 0.989. The lowest BCUT2D eigenvalue weighted by Crippen LogP contribution is -2.58. The van der Waals surface area contributed by atoms with Crippen LogP contribution in [0.1, 0.15) is 40.0 Å². The van der Waals surface area contributed by atoms with Crippen LogP contribution in [0.5, 0.6) is 0 Å². The monoisotopic (exact) mass is 461 g/mol. The molecule has 13 heteroatoms. The minimum atomic E-state index is -1.21. The molecule has 178 valence electrons. The van der Waals surface area contributed by atoms with Crippen molar-refractivity contribution in [1.29, 1.82) is 0 Å². The topological polar surface area (TPSA) is 215 Å². The van der Waals surface area contributed by atoms with E-state index in [-0.39, 0.29) is 30.6 Å². The summed E-state index contributed by atoms with van der Waals surface area (Å²) in [5.74, 6) is -3.28. The molecule has 0 saturated carbocycles. The van der Waals surface area contributed by atoms with Crippen LogP contribution in [-0.2, 0) is 19.2 Å². The van der Waals surface area contributed by atoms with Crippen molar-refractivity contribution in [2.45, 2.75) is 64.2 Å². The zero-order valence-electron chi connectivity index (χ0n) is 18.1. The standard InChI is InChI=1S/C18H35N7O5S/c1-4-9(2)13(25-14(26)10(3)23-15(27)11(19)8-31)16(28)24-12(17(29)30)6-5-7-22-18(20)21/h9-13,31H,4-8,19H2,1-3H3,(H,23,27)(H,24,28)(H,25,26)(H,29,30)(H4,20,21,22). The molecule has 10 N–H and O–H groups in total. The fourth-order valence-corrected chi connectivity index (χ4v) is 2.64. The first-order chi connectivity index (χ1) is 14.4. The molecule has 3 amide bonds. The van der Waals surface area contributed by atoms with Gasteiger partial charge in [0.15, 0.2) is 5.96 Å². The maximum atomic E-state index is 12.8. The highest BCUT2D eigenvalue weighted by molar-refractivity contribution is 7.80. The van der Waals surface area contributed by atoms with Crippen LogP contribution in [0.15, 0.2) is 4.99 Å². The predicted molar refractivity (Wildman–Crippen MR) is 120 cm³/mol. The van der Waals surface area contributed by atoms with E-state index < -0.39 is 47.9 Å². The summed E-state index contributed by atoms with van der Waals surface area (Å²) in [6.45, 7) is 5.25. The smallest absolute Gasteiger partial charge is 0.326 e. The van der Waals surface area contributed by atoms with Gasteiger partial charge in [-0.05, 0) is 25.7 Å². The van der Waals surface area contributed by atoms with E-state index in [1.54, 1.807) is 6.92 Å². The molecule has 0 aliphatic carbocycles.